The van der Waals surface area contributed by atoms with E-state index in [1.807, 2.05) is 44.2 Å². The van der Waals surface area contributed by atoms with Crippen LogP contribution in [0.2, 0.25) is 0 Å². The second kappa shape index (κ2) is 7.83. The van der Waals surface area contributed by atoms with Gasteiger partial charge in [-0.25, -0.2) is 9.67 Å². The molecule has 3 aromatic rings. The highest BCUT2D eigenvalue weighted by Crippen LogP contribution is 2.30. The summed E-state index contributed by atoms with van der Waals surface area (Å²) in [7, 11) is 0. The molecule has 4 rings (SSSR count). The summed E-state index contributed by atoms with van der Waals surface area (Å²) in [5.41, 5.74) is 3.34. The van der Waals surface area contributed by atoms with Gasteiger partial charge in [-0.1, -0.05) is 30.3 Å². The second-order valence-corrected chi connectivity index (χ2v) is 8.63. The fraction of sp³-hybridized carbons (Fsp3) is 0.429. The summed E-state index contributed by atoms with van der Waals surface area (Å²) in [6, 6.07) is 10.2. The van der Waals surface area contributed by atoms with Crippen LogP contribution in [0, 0.1) is 19.8 Å². The summed E-state index contributed by atoms with van der Waals surface area (Å²) in [5.74, 6) is 0.744. The lowest BCUT2D eigenvalue weighted by Crippen LogP contribution is -2.37. The summed E-state index contributed by atoms with van der Waals surface area (Å²) in [6.07, 6.45) is 4.48. The number of aryl methyl sites for hydroxylation is 1. The van der Waals surface area contributed by atoms with Crippen LogP contribution in [0.3, 0.4) is 0 Å². The van der Waals surface area contributed by atoms with Crippen molar-refractivity contribution in [2.45, 2.75) is 52.5 Å². The van der Waals surface area contributed by atoms with Crippen LogP contribution >= 0.6 is 11.3 Å². The van der Waals surface area contributed by atoms with Crippen LogP contribution in [0.4, 0.5) is 0 Å². The average Bonchev–Trinajstić information content (AvgIpc) is 3.27. The maximum absolute atomic E-state index is 12.8. The summed E-state index contributed by atoms with van der Waals surface area (Å²) in [6.45, 7) is 6.14. The van der Waals surface area contributed by atoms with Crippen molar-refractivity contribution in [1.82, 2.24) is 25.3 Å². The Morgan fingerprint density at radius 2 is 1.86 bits per heavy atom. The number of hydrogen-bond donors (Lipinski definition) is 1. The van der Waals surface area contributed by atoms with Crippen LogP contribution in [0.25, 0.3) is 16.4 Å². The Morgan fingerprint density at radius 1 is 1.14 bits per heavy atom. The van der Waals surface area contributed by atoms with Crippen molar-refractivity contribution in [2.75, 3.05) is 0 Å². The molecule has 2 heterocycles. The van der Waals surface area contributed by atoms with Crippen molar-refractivity contribution < 1.29 is 4.79 Å². The Labute approximate surface area is 169 Å². The van der Waals surface area contributed by atoms with E-state index < -0.39 is 0 Å². The molecule has 0 aliphatic heterocycles. The minimum absolute atomic E-state index is 0.0195. The highest BCUT2D eigenvalue weighted by Gasteiger charge is 2.24. The van der Waals surface area contributed by atoms with Gasteiger partial charge in [0.2, 0.25) is 0 Å². The molecule has 0 bridgehead atoms. The summed E-state index contributed by atoms with van der Waals surface area (Å²) < 4.78 is 1.80. The zero-order chi connectivity index (χ0) is 19.7. The number of hydrogen-bond acceptors (Lipinski definition) is 5. The average molecular weight is 396 g/mol. The van der Waals surface area contributed by atoms with E-state index in [0.29, 0.717) is 4.88 Å². The third-order valence-corrected chi connectivity index (χ3v) is 6.61. The molecule has 1 aliphatic carbocycles. The number of rotatable bonds is 4. The Balaban J connectivity index is 1.55. The standard InChI is InChI=1S/C21H25N5OS/c1-13-9-11-16(12-10-13)23-20(27)19-14(2)22-21(28-19)18-15(3)26(25-24-18)17-7-5-4-6-8-17/h4-8,13,16H,9-12H2,1-3H3,(H,23,27). The van der Waals surface area contributed by atoms with Crippen molar-refractivity contribution >= 4 is 17.2 Å². The Kier molecular flexibility index (Phi) is 5.26. The van der Waals surface area contributed by atoms with E-state index in [-0.39, 0.29) is 11.9 Å². The maximum Gasteiger partial charge on any atom is 0.263 e. The first-order valence-electron chi connectivity index (χ1n) is 9.79. The van der Waals surface area contributed by atoms with E-state index in [0.717, 1.165) is 46.5 Å². The topological polar surface area (TPSA) is 72.7 Å². The first-order chi connectivity index (χ1) is 13.5. The monoisotopic (exact) mass is 395 g/mol. The van der Waals surface area contributed by atoms with Crippen LogP contribution < -0.4 is 5.32 Å². The first-order valence-corrected chi connectivity index (χ1v) is 10.6. The number of aromatic nitrogens is 4. The number of para-hydroxylation sites is 1. The number of thiazole rings is 1. The van der Waals surface area contributed by atoms with E-state index in [1.54, 1.807) is 4.68 Å². The summed E-state index contributed by atoms with van der Waals surface area (Å²) in [4.78, 5) is 18.1. The third kappa shape index (κ3) is 3.71. The normalized spacial score (nSPS) is 19.5. The number of carbonyl (C=O) groups is 1. The van der Waals surface area contributed by atoms with Gasteiger partial charge in [0.05, 0.1) is 17.1 Å². The molecule has 0 atom stereocenters. The molecule has 1 fully saturated rings. The molecule has 1 N–H and O–H groups in total. The predicted molar refractivity (Wildman–Crippen MR) is 111 cm³/mol. The Morgan fingerprint density at radius 3 is 2.57 bits per heavy atom. The third-order valence-electron chi connectivity index (χ3n) is 5.45. The van der Waals surface area contributed by atoms with Crippen molar-refractivity contribution in [3.8, 4) is 16.4 Å². The van der Waals surface area contributed by atoms with Gasteiger partial charge in [0, 0.05) is 6.04 Å². The number of carbonyl (C=O) groups excluding carboxylic acids is 1. The summed E-state index contributed by atoms with van der Waals surface area (Å²) >= 11 is 1.39. The first kappa shape index (κ1) is 18.8. The lowest BCUT2D eigenvalue weighted by Gasteiger charge is -2.26. The number of benzene rings is 1. The molecule has 28 heavy (non-hydrogen) atoms. The molecule has 1 aliphatic rings. The molecular formula is C21H25N5OS. The zero-order valence-electron chi connectivity index (χ0n) is 16.5. The van der Waals surface area contributed by atoms with Gasteiger partial charge in [-0.15, -0.1) is 16.4 Å². The van der Waals surface area contributed by atoms with Crippen LogP contribution in [-0.4, -0.2) is 31.9 Å². The van der Waals surface area contributed by atoms with Crippen molar-refractivity contribution in [2.24, 2.45) is 5.92 Å². The van der Waals surface area contributed by atoms with E-state index in [4.69, 9.17) is 0 Å². The van der Waals surface area contributed by atoms with Gasteiger partial charge in [-0.05, 0) is 57.6 Å². The van der Waals surface area contributed by atoms with E-state index >= 15 is 0 Å². The fourth-order valence-electron chi connectivity index (χ4n) is 3.70. The quantitative estimate of drug-likeness (QED) is 0.714. The predicted octanol–water partition coefficient (Wildman–Crippen LogP) is 4.32. The smallest absolute Gasteiger partial charge is 0.263 e. The SMILES string of the molecule is Cc1nc(-c2nnn(-c3ccccc3)c2C)sc1C(=O)NC1CCC(C)CC1. The van der Waals surface area contributed by atoms with E-state index in [2.05, 4.69) is 27.5 Å². The molecule has 2 aromatic heterocycles. The molecule has 0 saturated heterocycles. The lowest BCUT2D eigenvalue weighted by atomic mass is 9.87. The van der Waals surface area contributed by atoms with Crippen LogP contribution in [-0.2, 0) is 0 Å². The number of amides is 1. The molecule has 7 heteroatoms. The van der Waals surface area contributed by atoms with Gasteiger partial charge >= 0.3 is 0 Å². The van der Waals surface area contributed by atoms with Crippen LogP contribution in [0.1, 0.15) is 53.7 Å². The minimum Gasteiger partial charge on any atom is -0.349 e. The molecule has 1 amide bonds. The van der Waals surface area contributed by atoms with Crippen LogP contribution in [0.5, 0.6) is 0 Å². The zero-order valence-corrected chi connectivity index (χ0v) is 17.3. The van der Waals surface area contributed by atoms with E-state index in [1.165, 1.54) is 24.2 Å². The van der Waals surface area contributed by atoms with Gasteiger partial charge in [-0.2, -0.15) is 0 Å². The minimum atomic E-state index is -0.0195. The van der Waals surface area contributed by atoms with Gasteiger partial charge in [-0.3, -0.25) is 4.79 Å². The van der Waals surface area contributed by atoms with Crippen molar-refractivity contribution in [3.63, 3.8) is 0 Å². The van der Waals surface area contributed by atoms with Crippen LogP contribution in [0.15, 0.2) is 30.3 Å². The molecule has 0 unspecified atom stereocenters. The van der Waals surface area contributed by atoms with Crippen molar-refractivity contribution in [3.05, 3.63) is 46.6 Å². The Hall–Kier alpha value is -2.54. The molecular weight excluding hydrogens is 370 g/mol. The van der Waals surface area contributed by atoms with Gasteiger partial charge in [0.1, 0.15) is 15.6 Å². The van der Waals surface area contributed by atoms with Gasteiger partial charge in [0.25, 0.3) is 5.91 Å². The molecule has 0 radical (unpaired) electrons. The van der Waals surface area contributed by atoms with Gasteiger partial charge < -0.3 is 5.32 Å². The lowest BCUT2D eigenvalue weighted by molar-refractivity contribution is 0.0926. The fourth-order valence-corrected chi connectivity index (χ4v) is 4.71. The second-order valence-electron chi connectivity index (χ2n) is 7.63. The largest absolute Gasteiger partial charge is 0.349 e. The maximum atomic E-state index is 12.8. The highest BCUT2D eigenvalue weighted by molar-refractivity contribution is 7.17. The summed E-state index contributed by atoms with van der Waals surface area (Å²) in [5, 5.41) is 12.5. The molecule has 0 spiro atoms. The molecule has 1 saturated carbocycles. The number of nitrogens with one attached hydrogen (secondary N) is 1. The Bertz CT molecular complexity index is 970. The van der Waals surface area contributed by atoms with Crippen molar-refractivity contribution in [1.29, 1.82) is 0 Å². The molecule has 1 aromatic carbocycles. The van der Waals surface area contributed by atoms with E-state index in [9.17, 15) is 4.79 Å². The highest BCUT2D eigenvalue weighted by atomic mass is 32.1. The number of nitrogens with zero attached hydrogens (tertiary/aromatic N) is 4. The molecule has 6 nitrogen and oxygen atoms in total. The van der Waals surface area contributed by atoms with Gasteiger partial charge in [0.15, 0.2) is 0 Å². The molecule has 146 valence electrons.